The first kappa shape index (κ1) is 19.7. The van der Waals surface area contributed by atoms with Gasteiger partial charge in [-0.25, -0.2) is 0 Å². The van der Waals surface area contributed by atoms with Crippen LogP contribution >= 0.6 is 0 Å². The van der Waals surface area contributed by atoms with Crippen molar-refractivity contribution in [2.24, 2.45) is 5.41 Å². The third kappa shape index (κ3) is 4.28. The number of rotatable bonds is 5. The van der Waals surface area contributed by atoms with Gasteiger partial charge in [0.25, 0.3) is 5.91 Å². The summed E-state index contributed by atoms with van der Waals surface area (Å²) in [4.78, 5) is 31.7. The van der Waals surface area contributed by atoms with Crippen molar-refractivity contribution in [1.29, 1.82) is 0 Å². The van der Waals surface area contributed by atoms with E-state index < -0.39 is 0 Å². The fourth-order valence-electron chi connectivity index (χ4n) is 4.58. The van der Waals surface area contributed by atoms with E-state index in [2.05, 4.69) is 11.8 Å². The fourth-order valence-corrected chi connectivity index (χ4v) is 4.58. The van der Waals surface area contributed by atoms with Crippen LogP contribution in [0.5, 0.6) is 0 Å². The highest BCUT2D eigenvalue weighted by atomic mass is 16.2. The van der Waals surface area contributed by atoms with Gasteiger partial charge in [-0.05, 0) is 37.8 Å². The lowest BCUT2D eigenvalue weighted by Crippen LogP contribution is -2.55. The van der Waals surface area contributed by atoms with E-state index in [0.717, 1.165) is 69.5 Å². The first-order chi connectivity index (χ1) is 13.0. The quantitative estimate of drug-likeness (QED) is 0.797. The summed E-state index contributed by atoms with van der Waals surface area (Å²) in [5, 5.41) is 0. The molecule has 1 aromatic carbocycles. The molecule has 3 rings (SSSR count). The Kier molecular flexibility index (Phi) is 6.08. The molecule has 0 saturated carbocycles. The first-order valence-electron chi connectivity index (χ1n) is 10.3. The van der Waals surface area contributed by atoms with Gasteiger partial charge < -0.3 is 14.7 Å². The number of hydrogen-bond acceptors (Lipinski definition) is 3. The molecule has 2 aliphatic rings. The van der Waals surface area contributed by atoms with Crippen LogP contribution in [0, 0.1) is 5.41 Å². The molecule has 0 unspecified atom stereocenters. The number of anilines is 1. The SMILES string of the molecule is CCCCN1C[C@]2(CCCN(C(=O)c3ccccc3N(C)C)C2)CCC1=O. The van der Waals surface area contributed by atoms with E-state index in [9.17, 15) is 9.59 Å². The van der Waals surface area contributed by atoms with E-state index in [0.29, 0.717) is 6.42 Å². The summed E-state index contributed by atoms with van der Waals surface area (Å²) in [6.45, 7) is 5.40. The van der Waals surface area contributed by atoms with Crippen LogP contribution in [0.15, 0.2) is 24.3 Å². The number of piperidine rings is 2. The van der Waals surface area contributed by atoms with Crippen molar-refractivity contribution in [3.05, 3.63) is 29.8 Å². The summed E-state index contributed by atoms with van der Waals surface area (Å²) >= 11 is 0. The second kappa shape index (κ2) is 8.32. The largest absolute Gasteiger partial charge is 0.377 e. The molecule has 1 atom stereocenters. The predicted molar refractivity (Wildman–Crippen MR) is 109 cm³/mol. The van der Waals surface area contributed by atoms with Crippen LogP contribution in [0.3, 0.4) is 0 Å². The molecule has 0 aliphatic carbocycles. The summed E-state index contributed by atoms with van der Waals surface area (Å²) in [6.07, 6.45) is 5.82. The zero-order valence-corrected chi connectivity index (χ0v) is 17.0. The number of hydrogen-bond donors (Lipinski definition) is 0. The molecule has 0 N–H and O–H groups in total. The Morgan fingerprint density at radius 2 is 1.96 bits per heavy atom. The average molecular weight is 372 g/mol. The van der Waals surface area contributed by atoms with E-state index in [1.807, 2.05) is 48.2 Å². The Morgan fingerprint density at radius 3 is 2.70 bits per heavy atom. The van der Waals surface area contributed by atoms with Crippen LogP contribution in [-0.4, -0.2) is 61.9 Å². The van der Waals surface area contributed by atoms with Crippen LogP contribution in [0.25, 0.3) is 0 Å². The summed E-state index contributed by atoms with van der Waals surface area (Å²) in [6, 6.07) is 7.84. The number of carbonyl (C=O) groups is 2. The molecule has 27 heavy (non-hydrogen) atoms. The van der Waals surface area contributed by atoms with Crippen LogP contribution in [-0.2, 0) is 4.79 Å². The van der Waals surface area contributed by atoms with Crippen molar-refractivity contribution < 1.29 is 9.59 Å². The van der Waals surface area contributed by atoms with Crippen LogP contribution < -0.4 is 4.90 Å². The number of benzene rings is 1. The highest BCUT2D eigenvalue weighted by molar-refractivity contribution is 5.99. The maximum absolute atomic E-state index is 13.3. The Morgan fingerprint density at radius 1 is 1.19 bits per heavy atom. The van der Waals surface area contributed by atoms with Crippen molar-refractivity contribution in [3.63, 3.8) is 0 Å². The number of unbranched alkanes of at least 4 members (excludes halogenated alkanes) is 1. The lowest BCUT2D eigenvalue weighted by molar-refractivity contribution is -0.139. The Labute approximate surface area is 163 Å². The molecule has 2 heterocycles. The molecule has 148 valence electrons. The molecule has 1 spiro atoms. The zero-order chi connectivity index (χ0) is 19.4. The van der Waals surface area contributed by atoms with Gasteiger partial charge in [-0.2, -0.15) is 0 Å². The molecule has 2 fully saturated rings. The highest BCUT2D eigenvalue weighted by Gasteiger charge is 2.42. The molecule has 5 heteroatoms. The Balaban J connectivity index is 1.76. The number of nitrogens with zero attached hydrogens (tertiary/aromatic N) is 3. The number of para-hydroxylation sites is 1. The third-order valence-electron chi connectivity index (χ3n) is 6.09. The molecule has 2 saturated heterocycles. The van der Waals surface area contributed by atoms with Crippen molar-refractivity contribution in [2.45, 2.75) is 45.4 Å². The number of likely N-dealkylation sites (tertiary alicyclic amines) is 2. The van der Waals surface area contributed by atoms with Crippen LogP contribution in [0.1, 0.15) is 55.8 Å². The lowest BCUT2D eigenvalue weighted by atomic mass is 9.73. The normalized spacial score (nSPS) is 23.0. The van der Waals surface area contributed by atoms with Gasteiger partial charge in [0, 0.05) is 57.8 Å². The van der Waals surface area contributed by atoms with Crippen LogP contribution in [0.4, 0.5) is 5.69 Å². The second-order valence-electron chi connectivity index (χ2n) is 8.41. The summed E-state index contributed by atoms with van der Waals surface area (Å²) in [5.41, 5.74) is 1.81. The molecular weight excluding hydrogens is 338 g/mol. The molecule has 2 aliphatic heterocycles. The molecule has 0 radical (unpaired) electrons. The molecule has 1 aromatic rings. The van der Waals surface area contributed by atoms with Gasteiger partial charge in [0.2, 0.25) is 5.91 Å². The van der Waals surface area contributed by atoms with Gasteiger partial charge in [-0.1, -0.05) is 25.5 Å². The van der Waals surface area contributed by atoms with Crippen molar-refractivity contribution in [2.75, 3.05) is 45.2 Å². The zero-order valence-electron chi connectivity index (χ0n) is 17.0. The summed E-state index contributed by atoms with van der Waals surface area (Å²) in [7, 11) is 3.95. The monoisotopic (exact) mass is 371 g/mol. The minimum Gasteiger partial charge on any atom is -0.377 e. The molecular formula is C22H33N3O2. The van der Waals surface area contributed by atoms with E-state index in [1.165, 1.54) is 0 Å². The topological polar surface area (TPSA) is 43.9 Å². The second-order valence-corrected chi connectivity index (χ2v) is 8.41. The smallest absolute Gasteiger partial charge is 0.255 e. The minimum atomic E-state index is 0.0720. The van der Waals surface area contributed by atoms with Gasteiger partial charge in [0.05, 0.1) is 5.56 Å². The van der Waals surface area contributed by atoms with Crippen molar-refractivity contribution >= 4 is 17.5 Å². The standard InChI is InChI=1S/C22H33N3O2/c1-4-5-14-24-16-22(13-11-20(24)26)12-8-15-25(17-22)21(27)18-9-6-7-10-19(18)23(2)3/h6-7,9-10H,4-5,8,11-17H2,1-3H3/t22-/m0/s1. The van der Waals surface area contributed by atoms with E-state index in [-0.39, 0.29) is 17.2 Å². The lowest BCUT2D eigenvalue weighted by Gasteiger charge is -2.48. The summed E-state index contributed by atoms with van der Waals surface area (Å²) in [5.74, 6) is 0.408. The van der Waals surface area contributed by atoms with E-state index in [4.69, 9.17) is 0 Å². The maximum atomic E-state index is 13.3. The van der Waals surface area contributed by atoms with Gasteiger partial charge >= 0.3 is 0 Å². The predicted octanol–water partition coefficient (Wildman–Crippen LogP) is 3.40. The molecule has 0 bridgehead atoms. The van der Waals surface area contributed by atoms with Gasteiger partial charge in [0.15, 0.2) is 0 Å². The van der Waals surface area contributed by atoms with Gasteiger partial charge in [-0.3, -0.25) is 9.59 Å². The summed E-state index contributed by atoms with van der Waals surface area (Å²) < 4.78 is 0. The first-order valence-corrected chi connectivity index (χ1v) is 10.3. The fraction of sp³-hybridized carbons (Fsp3) is 0.636. The maximum Gasteiger partial charge on any atom is 0.255 e. The Hall–Kier alpha value is -2.04. The minimum absolute atomic E-state index is 0.0720. The highest BCUT2D eigenvalue weighted by Crippen LogP contribution is 2.39. The molecule has 5 nitrogen and oxygen atoms in total. The van der Waals surface area contributed by atoms with E-state index >= 15 is 0 Å². The van der Waals surface area contributed by atoms with Gasteiger partial charge in [-0.15, -0.1) is 0 Å². The number of carbonyl (C=O) groups excluding carboxylic acids is 2. The Bertz CT molecular complexity index is 688. The molecule has 0 aromatic heterocycles. The number of amides is 2. The van der Waals surface area contributed by atoms with E-state index in [1.54, 1.807) is 0 Å². The van der Waals surface area contributed by atoms with Gasteiger partial charge in [0.1, 0.15) is 0 Å². The van der Waals surface area contributed by atoms with Crippen molar-refractivity contribution in [1.82, 2.24) is 9.80 Å². The van der Waals surface area contributed by atoms with Crippen molar-refractivity contribution in [3.8, 4) is 0 Å². The van der Waals surface area contributed by atoms with Crippen LogP contribution in [0.2, 0.25) is 0 Å². The molecule has 2 amide bonds. The average Bonchev–Trinajstić information content (AvgIpc) is 2.68. The third-order valence-corrected chi connectivity index (χ3v) is 6.09.